The van der Waals surface area contributed by atoms with Crippen molar-refractivity contribution in [1.29, 1.82) is 0 Å². The van der Waals surface area contributed by atoms with E-state index in [1.54, 1.807) is 31.2 Å². The van der Waals surface area contributed by atoms with Gasteiger partial charge in [-0.1, -0.05) is 29.8 Å². The summed E-state index contributed by atoms with van der Waals surface area (Å²) in [6.45, 7) is 2.07. The van der Waals surface area contributed by atoms with E-state index in [0.717, 1.165) is 4.57 Å². The fourth-order valence-electron chi connectivity index (χ4n) is 2.99. The molecule has 0 aliphatic rings. The van der Waals surface area contributed by atoms with Gasteiger partial charge >= 0.3 is 0 Å². The maximum atomic E-state index is 13.1. The number of aromatic nitrogens is 1. The van der Waals surface area contributed by atoms with Crippen molar-refractivity contribution >= 4 is 34.1 Å². The molecule has 0 radical (unpaired) electrons. The van der Waals surface area contributed by atoms with Gasteiger partial charge in [-0.3, -0.25) is 9.59 Å². The summed E-state index contributed by atoms with van der Waals surface area (Å²) in [5.74, 6) is -1.39. The number of aromatic hydroxyl groups is 2. The molecule has 0 saturated heterocycles. The van der Waals surface area contributed by atoms with E-state index in [-0.39, 0.29) is 21.7 Å². The predicted molar refractivity (Wildman–Crippen MR) is 101 cm³/mol. The fraction of sp³-hybridized carbons (Fsp3) is 0.158. The Labute approximate surface area is 154 Å². The van der Waals surface area contributed by atoms with Gasteiger partial charge in [0.25, 0.3) is 11.5 Å². The zero-order chi connectivity index (χ0) is 19.0. The quantitative estimate of drug-likeness (QED) is 0.739. The van der Waals surface area contributed by atoms with Crippen molar-refractivity contribution in [3.63, 3.8) is 0 Å². The molecule has 0 atom stereocenters. The molecule has 0 saturated carbocycles. The van der Waals surface area contributed by atoms with E-state index in [4.69, 9.17) is 11.6 Å². The second-order valence-corrected chi connectivity index (χ2v) is 6.17. The van der Waals surface area contributed by atoms with Crippen molar-refractivity contribution < 1.29 is 15.0 Å². The molecule has 3 rings (SSSR count). The summed E-state index contributed by atoms with van der Waals surface area (Å²) in [7, 11) is 1.41. The largest absolute Gasteiger partial charge is 0.506 e. The lowest BCUT2D eigenvalue weighted by molar-refractivity contribution is 0.0984. The van der Waals surface area contributed by atoms with Gasteiger partial charge in [-0.05, 0) is 31.2 Å². The molecule has 0 fully saturated rings. The number of anilines is 1. The number of carbonyl (C=O) groups is 1. The van der Waals surface area contributed by atoms with Crippen LogP contribution in [0.4, 0.5) is 5.69 Å². The number of phenols is 1. The van der Waals surface area contributed by atoms with Crippen molar-refractivity contribution in [1.82, 2.24) is 4.57 Å². The number of fused-ring (bicyclic) bond motifs is 1. The average Bonchev–Trinajstić information content (AvgIpc) is 2.63. The van der Waals surface area contributed by atoms with Crippen molar-refractivity contribution in [2.75, 3.05) is 11.4 Å². The van der Waals surface area contributed by atoms with Gasteiger partial charge in [-0.2, -0.15) is 0 Å². The van der Waals surface area contributed by atoms with Crippen LogP contribution in [0, 0.1) is 0 Å². The Hall–Kier alpha value is -2.99. The van der Waals surface area contributed by atoms with Gasteiger partial charge in [-0.25, -0.2) is 0 Å². The molecule has 7 heteroatoms. The van der Waals surface area contributed by atoms with Crippen LogP contribution in [0.1, 0.15) is 17.3 Å². The van der Waals surface area contributed by atoms with Gasteiger partial charge in [-0.15, -0.1) is 0 Å². The summed E-state index contributed by atoms with van der Waals surface area (Å²) in [5.41, 5.74) is -0.437. The maximum Gasteiger partial charge on any atom is 0.267 e. The van der Waals surface area contributed by atoms with Crippen molar-refractivity contribution in [2.45, 2.75) is 6.92 Å². The summed E-state index contributed by atoms with van der Waals surface area (Å²) in [6.07, 6.45) is 0. The minimum Gasteiger partial charge on any atom is -0.506 e. The molecule has 6 nitrogen and oxygen atoms in total. The van der Waals surface area contributed by atoms with Crippen molar-refractivity contribution in [3.8, 4) is 11.5 Å². The average molecular weight is 373 g/mol. The number of carbonyl (C=O) groups excluding carboxylic acids is 1. The van der Waals surface area contributed by atoms with E-state index in [1.165, 1.54) is 24.1 Å². The Bertz CT molecular complexity index is 1060. The minimum atomic E-state index is -0.716. The molecule has 134 valence electrons. The van der Waals surface area contributed by atoms with Crippen LogP contribution in [0.15, 0.2) is 47.3 Å². The number of phenolic OH excluding ortho intramolecular Hbond substituents is 1. The molecule has 0 aliphatic heterocycles. The van der Waals surface area contributed by atoms with Crippen LogP contribution in [0.5, 0.6) is 11.5 Å². The molecule has 1 heterocycles. The highest BCUT2D eigenvalue weighted by atomic mass is 35.5. The van der Waals surface area contributed by atoms with Crippen LogP contribution in [-0.2, 0) is 7.05 Å². The monoisotopic (exact) mass is 372 g/mol. The van der Waals surface area contributed by atoms with Gasteiger partial charge in [0.1, 0.15) is 17.1 Å². The summed E-state index contributed by atoms with van der Waals surface area (Å²) >= 11 is 6.15. The maximum absolute atomic E-state index is 13.1. The van der Waals surface area contributed by atoms with Gasteiger partial charge in [0.2, 0.25) is 0 Å². The first-order chi connectivity index (χ1) is 12.4. The van der Waals surface area contributed by atoms with Gasteiger partial charge in [0, 0.05) is 19.3 Å². The normalized spacial score (nSPS) is 10.9. The second kappa shape index (κ2) is 6.72. The SMILES string of the molecule is CCN(C(=O)c1c(O)c2c(Cl)ccc(O)c2n(C)c1=O)c1ccccc1. The first-order valence-electron chi connectivity index (χ1n) is 7.98. The number of hydrogen-bond donors (Lipinski definition) is 2. The number of amides is 1. The number of benzene rings is 2. The number of aryl methyl sites for hydroxylation is 1. The van der Waals surface area contributed by atoms with E-state index >= 15 is 0 Å². The summed E-state index contributed by atoms with van der Waals surface area (Å²) < 4.78 is 1.11. The molecule has 0 bridgehead atoms. The fourth-order valence-corrected chi connectivity index (χ4v) is 3.24. The molecule has 3 aromatic rings. The van der Waals surface area contributed by atoms with Crippen LogP contribution in [0.25, 0.3) is 10.9 Å². The Morgan fingerprint density at radius 3 is 2.42 bits per heavy atom. The van der Waals surface area contributed by atoms with Crippen LogP contribution < -0.4 is 10.5 Å². The van der Waals surface area contributed by atoms with Crippen LogP contribution in [0.2, 0.25) is 5.02 Å². The smallest absolute Gasteiger partial charge is 0.267 e. The molecule has 2 N–H and O–H groups in total. The Balaban J connectivity index is 2.30. The third-order valence-electron chi connectivity index (χ3n) is 4.28. The lowest BCUT2D eigenvalue weighted by Crippen LogP contribution is -2.36. The molecule has 0 aliphatic carbocycles. The lowest BCUT2D eigenvalue weighted by atomic mass is 10.1. The van der Waals surface area contributed by atoms with E-state index < -0.39 is 22.8 Å². The predicted octanol–water partition coefficient (Wildman–Crippen LogP) is 3.27. The van der Waals surface area contributed by atoms with Gasteiger partial charge in [0.05, 0.1) is 15.9 Å². The number of nitrogens with zero attached hydrogens (tertiary/aromatic N) is 2. The lowest BCUT2D eigenvalue weighted by Gasteiger charge is -2.22. The second-order valence-electron chi connectivity index (χ2n) is 5.76. The third kappa shape index (κ3) is 2.68. The first kappa shape index (κ1) is 17.8. The van der Waals surface area contributed by atoms with E-state index in [1.807, 2.05) is 6.07 Å². The molecular formula is C19H17ClN2O4. The van der Waals surface area contributed by atoms with E-state index in [2.05, 4.69) is 0 Å². The van der Waals surface area contributed by atoms with Crippen molar-refractivity contribution in [2.24, 2.45) is 7.05 Å². The minimum absolute atomic E-state index is 0.0567. The zero-order valence-electron chi connectivity index (χ0n) is 14.2. The standard InChI is InChI=1S/C19H17ClN2O4/c1-3-22(11-7-5-4-6-8-11)19(26)15-17(24)14-12(20)9-10-13(23)16(14)21(2)18(15)25/h4-10,23-24H,3H2,1-2H3. The molecule has 1 amide bonds. The highest BCUT2D eigenvalue weighted by Crippen LogP contribution is 2.37. The molecule has 0 unspecified atom stereocenters. The highest BCUT2D eigenvalue weighted by Gasteiger charge is 2.27. The van der Waals surface area contributed by atoms with Crippen LogP contribution in [-0.4, -0.2) is 27.2 Å². The number of hydrogen-bond acceptors (Lipinski definition) is 4. The molecule has 2 aromatic carbocycles. The molecule has 0 spiro atoms. The first-order valence-corrected chi connectivity index (χ1v) is 8.36. The van der Waals surface area contributed by atoms with E-state index in [9.17, 15) is 19.8 Å². The summed E-state index contributed by atoms with van der Waals surface area (Å²) in [6, 6.07) is 11.6. The third-order valence-corrected chi connectivity index (χ3v) is 4.59. The van der Waals surface area contributed by atoms with Gasteiger partial charge in [0.15, 0.2) is 0 Å². The van der Waals surface area contributed by atoms with E-state index in [0.29, 0.717) is 12.2 Å². The highest BCUT2D eigenvalue weighted by molar-refractivity contribution is 6.36. The molecular weight excluding hydrogens is 356 g/mol. The number of rotatable bonds is 3. The molecule has 26 heavy (non-hydrogen) atoms. The van der Waals surface area contributed by atoms with Crippen molar-refractivity contribution in [3.05, 3.63) is 63.4 Å². The Morgan fingerprint density at radius 2 is 1.81 bits per heavy atom. The topological polar surface area (TPSA) is 82.8 Å². The number of pyridine rings is 1. The Morgan fingerprint density at radius 1 is 1.15 bits per heavy atom. The number of para-hydroxylation sites is 1. The van der Waals surface area contributed by atoms with Gasteiger partial charge < -0.3 is 19.7 Å². The van der Waals surface area contributed by atoms with Crippen LogP contribution in [0.3, 0.4) is 0 Å². The number of halogens is 1. The summed E-state index contributed by atoms with van der Waals surface area (Å²) in [5, 5.41) is 20.9. The summed E-state index contributed by atoms with van der Waals surface area (Å²) in [4.78, 5) is 27.2. The Kier molecular flexibility index (Phi) is 4.61. The van der Waals surface area contributed by atoms with Crippen LogP contribution >= 0.6 is 11.6 Å². The zero-order valence-corrected chi connectivity index (χ0v) is 15.0. The molecule has 1 aromatic heterocycles.